The van der Waals surface area contributed by atoms with Gasteiger partial charge in [-0.2, -0.15) is 0 Å². The molecule has 0 bridgehead atoms. The Kier molecular flexibility index (Phi) is 13.8. The van der Waals surface area contributed by atoms with E-state index in [2.05, 4.69) is 15.6 Å². The molecule has 45 heavy (non-hydrogen) atoms. The zero-order valence-electron chi connectivity index (χ0n) is 27.5. The summed E-state index contributed by atoms with van der Waals surface area (Å²) in [4.78, 5) is 54.7. The number of unbranched alkanes of at least 4 members (excludes halogenated alkanes) is 8. The Labute approximate surface area is 265 Å². The molecule has 0 aliphatic heterocycles. The average Bonchev–Trinajstić information content (AvgIpc) is 3.38. The molecule has 12 heteroatoms. The van der Waals surface area contributed by atoms with Gasteiger partial charge in [0.2, 0.25) is 5.91 Å². The van der Waals surface area contributed by atoms with Crippen molar-refractivity contribution in [1.29, 1.82) is 0 Å². The summed E-state index contributed by atoms with van der Waals surface area (Å²) >= 11 is 0. The number of fused-ring (bicyclic) bond motifs is 1. The molecule has 248 valence electrons. The molecule has 0 fully saturated rings. The molecule has 0 aliphatic rings. The molecular weight excluding hydrogens is 576 g/mol. The molecule has 3 aromatic rings. The maximum atomic E-state index is 12.8. The minimum atomic E-state index is -0.858. The van der Waals surface area contributed by atoms with Gasteiger partial charge in [0.05, 0.1) is 19.5 Å². The van der Waals surface area contributed by atoms with Gasteiger partial charge in [-0.1, -0.05) is 75.3 Å². The summed E-state index contributed by atoms with van der Waals surface area (Å²) in [5.41, 5.74) is 0.560. The van der Waals surface area contributed by atoms with Gasteiger partial charge in [-0.15, -0.1) is 0 Å². The third kappa shape index (κ3) is 11.5. The fourth-order valence-corrected chi connectivity index (χ4v) is 5.06. The van der Waals surface area contributed by atoms with Gasteiger partial charge in [-0.05, 0) is 39.2 Å². The van der Waals surface area contributed by atoms with E-state index in [0.717, 1.165) is 63.4 Å². The monoisotopic (exact) mass is 626 g/mol. The number of rotatable bonds is 18. The smallest absolute Gasteiger partial charge is 0.408 e. The van der Waals surface area contributed by atoms with Crippen LogP contribution in [0.1, 0.15) is 84.1 Å². The molecular formula is C33H50N6O6. The van der Waals surface area contributed by atoms with Gasteiger partial charge in [0.1, 0.15) is 11.6 Å². The molecule has 1 atom stereocenters. The zero-order chi connectivity index (χ0) is 32.8. The first-order valence-electron chi connectivity index (χ1n) is 16.0. The van der Waals surface area contributed by atoms with Crippen LogP contribution in [0.2, 0.25) is 0 Å². The van der Waals surface area contributed by atoms with E-state index in [-0.39, 0.29) is 23.8 Å². The number of alkyl carbamates (subject to hydrolysis) is 1. The minimum Gasteiger partial charge on any atom is -0.444 e. The van der Waals surface area contributed by atoms with E-state index >= 15 is 0 Å². The van der Waals surface area contributed by atoms with E-state index in [1.807, 2.05) is 30.3 Å². The third-order valence-electron chi connectivity index (χ3n) is 7.46. The van der Waals surface area contributed by atoms with E-state index in [9.17, 15) is 19.2 Å². The molecule has 12 nitrogen and oxygen atoms in total. The van der Waals surface area contributed by atoms with Crippen LogP contribution in [0.3, 0.4) is 0 Å². The highest BCUT2D eigenvalue weighted by Gasteiger charge is 2.24. The van der Waals surface area contributed by atoms with Crippen molar-refractivity contribution >= 4 is 23.2 Å². The van der Waals surface area contributed by atoms with Crippen LogP contribution in [0.5, 0.6) is 0 Å². The van der Waals surface area contributed by atoms with Gasteiger partial charge in [0, 0.05) is 27.2 Å². The van der Waals surface area contributed by atoms with Crippen molar-refractivity contribution < 1.29 is 19.1 Å². The van der Waals surface area contributed by atoms with Gasteiger partial charge < -0.3 is 24.7 Å². The topological polar surface area (TPSA) is 138 Å². The number of imidazole rings is 1. The predicted molar refractivity (Wildman–Crippen MR) is 174 cm³/mol. The fraction of sp³-hybridized carbons (Fsp3) is 0.606. The molecule has 0 aliphatic carbocycles. The van der Waals surface area contributed by atoms with Crippen molar-refractivity contribution in [3.63, 3.8) is 0 Å². The van der Waals surface area contributed by atoms with Gasteiger partial charge in [-0.3, -0.25) is 18.7 Å². The van der Waals surface area contributed by atoms with Crippen LogP contribution in [0.25, 0.3) is 11.2 Å². The Morgan fingerprint density at radius 1 is 0.911 bits per heavy atom. The van der Waals surface area contributed by atoms with Crippen LogP contribution in [-0.4, -0.2) is 55.5 Å². The van der Waals surface area contributed by atoms with Crippen LogP contribution in [-0.2, 0) is 41.5 Å². The number of aryl methyl sites for hydroxylation is 2. The summed E-state index contributed by atoms with van der Waals surface area (Å²) in [7, 11) is 3.40. The normalized spacial score (nSPS) is 12.3. The lowest BCUT2D eigenvalue weighted by Gasteiger charge is -2.23. The minimum absolute atomic E-state index is 0.0347. The molecule has 0 spiro atoms. The molecule has 0 saturated carbocycles. The number of amides is 2. The second kappa shape index (κ2) is 17.5. The standard InChI is InChI=1S/C33H50N6O6/c1-33(2,3)45-31(42)36-26(23-44-22-25-18-14-13-15-19-25)29(40)34-20-16-11-9-7-6-8-10-12-17-21-39-30(41)27-28(35-24-37(27)4)38(5)32(39)43/h13-15,18-19,24,26H,6-12,16-17,20-23H2,1-5H3,(H,34,40)(H,36,42). The molecule has 2 heterocycles. The van der Waals surface area contributed by atoms with E-state index in [1.54, 1.807) is 45.8 Å². The van der Waals surface area contributed by atoms with Crippen molar-refractivity contribution in [3.05, 3.63) is 63.1 Å². The first-order valence-corrected chi connectivity index (χ1v) is 16.0. The number of hydrogen-bond donors (Lipinski definition) is 2. The van der Waals surface area contributed by atoms with E-state index in [4.69, 9.17) is 9.47 Å². The summed E-state index contributed by atoms with van der Waals surface area (Å²) in [6, 6.07) is 8.79. The summed E-state index contributed by atoms with van der Waals surface area (Å²) in [5, 5.41) is 5.56. The number of nitrogens with zero attached hydrogens (tertiary/aromatic N) is 4. The van der Waals surface area contributed by atoms with Crippen LogP contribution >= 0.6 is 0 Å². The molecule has 2 N–H and O–H groups in total. The lowest BCUT2D eigenvalue weighted by atomic mass is 10.1. The number of nitrogens with one attached hydrogen (secondary N) is 2. The third-order valence-corrected chi connectivity index (χ3v) is 7.46. The maximum Gasteiger partial charge on any atom is 0.408 e. The second-order valence-corrected chi connectivity index (χ2v) is 12.5. The highest BCUT2D eigenvalue weighted by Crippen LogP contribution is 2.11. The first kappa shape index (κ1) is 35.5. The van der Waals surface area contributed by atoms with Crippen molar-refractivity contribution in [2.24, 2.45) is 14.1 Å². The Morgan fingerprint density at radius 3 is 2.18 bits per heavy atom. The number of ether oxygens (including phenoxy) is 2. The Morgan fingerprint density at radius 2 is 1.53 bits per heavy atom. The van der Waals surface area contributed by atoms with Gasteiger partial charge >= 0.3 is 11.8 Å². The lowest BCUT2D eigenvalue weighted by molar-refractivity contribution is -0.124. The Balaban J connectivity index is 1.28. The average molecular weight is 627 g/mol. The fourth-order valence-electron chi connectivity index (χ4n) is 5.06. The molecule has 2 aromatic heterocycles. The largest absolute Gasteiger partial charge is 0.444 e. The van der Waals surface area contributed by atoms with E-state index < -0.39 is 17.7 Å². The molecule has 3 rings (SSSR count). The number of aromatic nitrogens is 4. The summed E-state index contributed by atoms with van der Waals surface area (Å²) in [6.45, 7) is 6.61. The highest BCUT2D eigenvalue weighted by atomic mass is 16.6. The second-order valence-electron chi connectivity index (χ2n) is 12.5. The molecule has 0 radical (unpaired) electrons. The maximum absolute atomic E-state index is 12.8. The van der Waals surface area contributed by atoms with Crippen molar-refractivity contribution in [1.82, 2.24) is 29.3 Å². The number of carbonyl (C=O) groups is 2. The van der Waals surface area contributed by atoms with E-state index in [0.29, 0.717) is 30.9 Å². The summed E-state index contributed by atoms with van der Waals surface area (Å²) < 4.78 is 15.5. The molecule has 2 amide bonds. The SMILES string of the molecule is Cn1cnc2c1c(=O)n(CCCCCCCCCCCNC(=O)C(COCc1ccccc1)NC(=O)OC(C)(C)C)c(=O)n2C. The van der Waals surface area contributed by atoms with Crippen LogP contribution < -0.4 is 21.9 Å². The summed E-state index contributed by atoms with van der Waals surface area (Å²) in [5.74, 6) is -0.297. The van der Waals surface area contributed by atoms with Crippen LogP contribution in [0.15, 0.2) is 46.2 Å². The number of hydrogen-bond acceptors (Lipinski definition) is 7. The van der Waals surface area contributed by atoms with Gasteiger partial charge in [0.15, 0.2) is 11.2 Å². The Bertz CT molecular complexity index is 1490. The van der Waals surface area contributed by atoms with Crippen molar-refractivity contribution in [2.45, 2.75) is 103 Å². The van der Waals surface area contributed by atoms with Crippen molar-refractivity contribution in [3.8, 4) is 0 Å². The number of carbonyl (C=O) groups excluding carboxylic acids is 2. The predicted octanol–water partition coefficient (Wildman–Crippen LogP) is 4.17. The molecule has 0 saturated heterocycles. The van der Waals surface area contributed by atoms with Gasteiger partial charge in [0.25, 0.3) is 5.56 Å². The summed E-state index contributed by atoms with van der Waals surface area (Å²) in [6.07, 6.45) is 9.94. The van der Waals surface area contributed by atoms with Crippen LogP contribution in [0.4, 0.5) is 4.79 Å². The number of benzene rings is 1. The zero-order valence-corrected chi connectivity index (χ0v) is 27.5. The lowest BCUT2D eigenvalue weighted by Crippen LogP contribution is -2.50. The molecule has 1 aromatic carbocycles. The molecule has 1 unspecified atom stereocenters. The van der Waals surface area contributed by atoms with Crippen LogP contribution in [0, 0.1) is 0 Å². The quantitative estimate of drug-likeness (QED) is 0.202. The highest BCUT2D eigenvalue weighted by molar-refractivity contribution is 5.85. The first-order chi connectivity index (χ1) is 21.5. The van der Waals surface area contributed by atoms with E-state index in [1.165, 1.54) is 9.13 Å². The van der Waals surface area contributed by atoms with Crippen molar-refractivity contribution in [2.75, 3.05) is 13.2 Å². The van der Waals surface area contributed by atoms with Gasteiger partial charge in [-0.25, -0.2) is 14.6 Å². The Hall–Kier alpha value is -3.93.